The molecule has 1 aromatic carbocycles. The summed E-state index contributed by atoms with van der Waals surface area (Å²) >= 11 is 0. The van der Waals surface area contributed by atoms with Gasteiger partial charge in [-0.3, -0.25) is 4.79 Å². The van der Waals surface area contributed by atoms with Crippen LogP contribution in [0.25, 0.3) is 11.1 Å². The van der Waals surface area contributed by atoms with Gasteiger partial charge in [-0.25, -0.2) is 4.39 Å². The average molecular weight is 314 g/mol. The van der Waals surface area contributed by atoms with Gasteiger partial charge in [-0.05, 0) is 50.3 Å². The quantitative estimate of drug-likeness (QED) is 0.845. The zero-order valence-corrected chi connectivity index (χ0v) is 13.7. The third-order valence-corrected chi connectivity index (χ3v) is 4.61. The van der Waals surface area contributed by atoms with E-state index in [0.717, 1.165) is 48.9 Å². The summed E-state index contributed by atoms with van der Waals surface area (Å²) in [6.45, 7) is 4.13. The number of amides is 1. The number of unbranched alkanes of at least 4 members (excludes halogenated alkanes) is 1. The zero-order valence-electron chi connectivity index (χ0n) is 13.7. The molecule has 1 fully saturated rings. The largest absolute Gasteiger partial charge is 0.366 e. The lowest BCUT2D eigenvalue weighted by molar-refractivity contribution is 0.1000. The third kappa shape index (κ3) is 2.90. The van der Waals surface area contributed by atoms with Crippen LogP contribution in [0.4, 0.5) is 4.39 Å². The van der Waals surface area contributed by atoms with Gasteiger partial charge in [0.1, 0.15) is 5.82 Å². The molecule has 0 unspecified atom stereocenters. The van der Waals surface area contributed by atoms with E-state index in [9.17, 15) is 9.18 Å². The second kappa shape index (κ2) is 6.19. The van der Waals surface area contributed by atoms with Crippen molar-refractivity contribution < 1.29 is 9.18 Å². The van der Waals surface area contributed by atoms with Gasteiger partial charge in [-0.2, -0.15) is 0 Å². The molecule has 2 aromatic rings. The van der Waals surface area contributed by atoms with Crippen LogP contribution in [0.2, 0.25) is 0 Å². The van der Waals surface area contributed by atoms with E-state index in [-0.39, 0.29) is 5.82 Å². The maximum Gasteiger partial charge on any atom is 0.251 e. The summed E-state index contributed by atoms with van der Waals surface area (Å²) in [6.07, 6.45) is 5.35. The Bertz CT molecular complexity index is 727. The molecule has 1 aliphatic carbocycles. The fourth-order valence-corrected chi connectivity index (χ4v) is 3.41. The van der Waals surface area contributed by atoms with Crippen molar-refractivity contribution in [1.29, 1.82) is 0 Å². The SMILES string of the molecule is CCCCc1c(-c2ccc(F)cc2)c(C(N)=O)c(C)n1C1CC1. The topological polar surface area (TPSA) is 48.0 Å². The fraction of sp³-hybridized carbons (Fsp3) is 0.421. The number of carbonyl (C=O) groups excluding carboxylic acids is 1. The number of primary amides is 1. The molecule has 23 heavy (non-hydrogen) atoms. The van der Waals surface area contributed by atoms with E-state index in [1.54, 1.807) is 12.1 Å². The Hall–Kier alpha value is -2.10. The van der Waals surface area contributed by atoms with Gasteiger partial charge >= 0.3 is 0 Å². The molecular formula is C19H23FN2O. The predicted octanol–water partition coefficient (Wildman–Crippen LogP) is 4.38. The highest BCUT2D eigenvalue weighted by Gasteiger charge is 2.32. The summed E-state index contributed by atoms with van der Waals surface area (Å²) in [5.74, 6) is -0.679. The van der Waals surface area contributed by atoms with Crippen LogP contribution in [-0.4, -0.2) is 10.5 Å². The van der Waals surface area contributed by atoms with Crippen LogP contribution in [0.15, 0.2) is 24.3 Å². The van der Waals surface area contributed by atoms with Gasteiger partial charge in [0.25, 0.3) is 5.91 Å². The van der Waals surface area contributed by atoms with Gasteiger partial charge in [0, 0.05) is 23.0 Å². The molecule has 2 N–H and O–H groups in total. The van der Waals surface area contributed by atoms with E-state index in [4.69, 9.17) is 5.73 Å². The van der Waals surface area contributed by atoms with Gasteiger partial charge in [-0.15, -0.1) is 0 Å². The minimum Gasteiger partial charge on any atom is -0.366 e. The van der Waals surface area contributed by atoms with E-state index >= 15 is 0 Å². The molecule has 0 saturated heterocycles. The summed E-state index contributed by atoms with van der Waals surface area (Å²) in [4.78, 5) is 12.1. The molecule has 1 heterocycles. The Kier molecular flexibility index (Phi) is 4.24. The molecule has 0 aliphatic heterocycles. The fourth-order valence-electron chi connectivity index (χ4n) is 3.41. The summed E-state index contributed by atoms with van der Waals surface area (Å²) in [7, 11) is 0. The van der Waals surface area contributed by atoms with Crippen molar-refractivity contribution in [2.75, 3.05) is 0 Å². The van der Waals surface area contributed by atoms with E-state index in [1.807, 2.05) is 6.92 Å². The van der Waals surface area contributed by atoms with Crippen LogP contribution in [0.5, 0.6) is 0 Å². The molecule has 0 bridgehead atoms. The van der Waals surface area contributed by atoms with Gasteiger partial charge in [0.05, 0.1) is 5.56 Å². The van der Waals surface area contributed by atoms with Crippen LogP contribution in [0, 0.1) is 12.7 Å². The van der Waals surface area contributed by atoms with Gasteiger partial charge in [0.15, 0.2) is 0 Å². The van der Waals surface area contributed by atoms with Crippen LogP contribution < -0.4 is 5.73 Å². The van der Waals surface area contributed by atoms with Crippen molar-refractivity contribution in [3.8, 4) is 11.1 Å². The van der Waals surface area contributed by atoms with Crippen molar-refractivity contribution in [2.45, 2.75) is 52.0 Å². The van der Waals surface area contributed by atoms with E-state index in [1.165, 1.54) is 17.8 Å². The summed E-state index contributed by atoms with van der Waals surface area (Å²) in [6, 6.07) is 6.84. The minimum atomic E-state index is -0.404. The lowest BCUT2D eigenvalue weighted by atomic mass is 9.97. The molecule has 4 heteroatoms. The minimum absolute atomic E-state index is 0.275. The molecule has 1 aliphatic rings. The molecular weight excluding hydrogens is 291 g/mol. The first-order valence-corrected chi connectivity index (χ1v) is 8.34. The van der Waals surface area contributed by atoms with E-state index < -0.39 is 5.91 Å². The number of aromatic nitrogens is 1. The number of nitrogens with two attached hydrogens (primary N) is 1. The second-order valence-electron chi connectivity index (χ2n) is 6.36. The van der Waals surface area contributed by atoms with Crippen molar-refractivity contribution in [3.05, 3.63) is 47.0 Å². The highest BCUT2D eigenvalue weighted by molar-refractivity contribution is 6.02. The molecule has 0 radical (unpaired) electrons. The van der Waals surface area contributed by atoms with Crippen LogP contribution in [-0.2, 0) is 6.42 Å². The standard InChI is InChI=1S/C19H23FN2O/c1-3-4-5-16-18(13-6-8-14(20)9-7-13)17(19(21)23)12(2)22(16)15-10-11-15/h6-9,15H,3-5,10-11H2,1-2H3,(H2,21,23). The first-order chi connectivity index (χ1) is 11.0. The van der Waals surface area contributed by atoms with Crippen LogP contribution in [0.1, 0.15) is 60.4 Å². The molecule has 1 aromatic heterocycles. The Balaban J connectivity index is 2.23. The lowest BCUT2D eigenvalue weighted by Gasteiger charge is -2.12. The number of carbonyl (C=O) groups is 1. The van der Waals surface area contributed by atoms with Crippen molar-refractivity contribution in [3.63, 3.8) is 0 Å². The number of benzene rings is 1. The molecule has 122 valence electrons. The number of hydrogen-bond donors (Lipinski definition) is 1. The highest BCUT2D eigenvalue weighted by atomic mass is 19.1. The van der Waals surface area contributed by atoms with Crippen LogP contribution in [0.3, 0.4) is 0 Å². The molecule has 1 amide bonds. The first-order valence-electron chi connectivity index (χ1n) is 8.34. The van der Waals surface area contributed by atoms with Gasteiger partial charge in [0.2, 0.25) is 0 Å². The Morgan fingerprint density at radius 3 is 2.48 bits per heavy atom. The zero-order chi connectivity index (χ0) is 16.6. The molecule has 3 rings (SSSR count). The Morgan fingerprint density at radius 1 is 1.30 bits per heavy atom. The molecule has 3 nitrogen and oxygen atoms in total. The molecule has 1 saturated carbocycles. The Morgan fingerprint density at radius 2 is 1.96 bits per heavy atom. The first kappa shape index (κ1) is 15.8. The average Bonchev–Trinajstić information content (AvgIpc) is 3.30. The van der Waals surface area contributed by atoms with E-state index in [0.29, 0.717) is 11.6 Å². The van der Waals surface area contributed by atoms with Gasteiger partial charge in [-0.1, -0.05) is 25.5 Å². The highest BCUT2D eigenvalue weighted by Crippen LogP contribution is 2.43. The maximum absolute atomic E-state index is 13.3. The third-order valence-electron chi connectivity index (χ3n) is 4.61. The lowest BCUT2D eigenvalue weighted by Crippen LogP contribution is -2.13. The number of rotatable bonds is 6. The summed E-state index contributed by atoms with van der Waals surface area (Å²) in [5.41, 5.74) is 10.2. The van der Waals surface area contributed by atoms with E-state index in [2.05, 4.69) is 11.5 Å². The normalized spacial score (nSPS) is 14.2. The second-order valence-corrected chi connectivity index (χ2v) is 6.36. The number of hydrogen-bond acceptors (Lipinski definition) is 1. The van der Waals surface area contributed by atoms with Gasteiger partial charge < -0.3 is 10.3 Å². The predicted molar refractivity (Wildman–Crippen MR) is 90.0 cm³/mol. The number of nitrogens with zero attached hydrogens (tertiary/aromatic N) is 1. The molecule has 0 spiro atoms. The summed E-state index contributed by atoms with van der Waals surface area (Å²) in [5, 5.41) is 0. The van der Waals surface area contributed by atoms with Crippen molar-refractivity contribution in [1.82, 2.24) is 4.57 Å². The Labute approximate surface area is 136 Å². The summed E-state index contributed by atoms with van der Waals surface area (Å²) < 4.78 is 15.6. The monoisotopic (exact) mass is 314 g/mol. The van der Waals surface area contributed by atoms with Crippen molar-refractivity contribution >= 4 is 5.91 Å². The smallest absolute Gasteiger partial charge is 0.251 e. The number of halogens is 1. The van der Waals surface area contributed by atoms with Crippen LogP contribution >= 0.6 is 0 Å². The van der Waals surface area contributed by atoms with Crippen molar-refractivity contribution in [2.24, 2.45) is 5.73 Å². The molecule has 0 atom stereocenters. The maximum atomic E-state index is 13.3.